The van der Waals surface area contributed by atoms with Gasteiger partial charge in [0.25, 0.3) is 0 Å². The first-order chi connectivity index (χ1) is 16.9. The summed E-state index contributed by atoms with van der Waals surface area (Å²) >= 11 is 0. The highest BCUT2D eigenvalue weighted by Crippen LogP contribution is 2.43. The molecule has 2 saturated carbocycles. The molecule has 35 heavy (non-hydrogen) atoms. The van der Waals surface area contributed by atoms with E-state index in [1.54, 1.807) is 12.1 Å². The van der Waals surface area contributed by atoms with Gasteiger partial charge in [0.15, 0.2) is 11.6 Å². The molecule has 1 aliphatic heterocycles. The first kappa shape index (κ1) is 24.6. The van der Waals surface area contributed by atoms with Crippen LogP contribution in [-0.4, -0.2) is 12.7 Å². The average Bonchev–Trinajstić information content (AvgIpc) is 3.42. The van der Waals surface area contributed by atoms with E-state index >= 15 is 0 Å². The van der Waals surface area contributed by atoms with Crippen molar-refractivity contribution < 1.29 is 27.0 Å². The zero-order chi connectivity index (χ0) is 24.4. The second kappa shape index (κ2) is 10.5. The molecule has 0 amide bonds. The van der Waals surface area contributed by atoms with E-state index in [0.717, 1.165) is 61.8 Å². The third-order valence-corrected chi connectivity index (χ3v) is 8.57. The normalized spacial score (nSPS) is 28.2. The Kier molecular flexibility index (Phi) is 7.38. The van der Waals surface area contributed by atoms with Crippen molar-refractivity contribution in [2.45, 2.75) is 82.3 Å². The van der Waals surface area contributed by atoms with E-state index in [4.69, 9.17) is 4.74 Å². The molecule has 2 unspecified atom stereocenters. The minimum Gasteiger partial charge on any atom is -0.429 e. The van der Waals surface area contributed by atoms with Gasteiger partial charge in [-0.25, -0.2) is 8.78 Å². The smallest absolute Gasteiger partial charge is 0.426 e. The Morgan fingerprint density at radius 2 is 1.40 bits per heavy atom. The van der Waals surface area contributed by atoms with E-state index in [1.165, 1.54) is 50.7 Å². The summed E-state index contributed by atoms with van der Waals surface area (Å²) < 4.78 is 66.6. The molecule has 0 bridgehead atoms. The number of benzene rings is 2. The summed E-state index contributed by atoms with van der Waals surface area (Å²) in [6, 6.07) is 8.61. The first-order valence-electron chi connectivity index (χ1n) is 13.1. The van der Waals surface area contributed by atoms with E-state index in [9.17, 15) is 17.6 Å². The van der Waals surface area contributed by atoms with E-state index in [2.05, 4.69) is 4.74 Å². The van der Waals surface area contributed by atoms with Crippen molar-refractivity contribution in [3.05, 3.63) is 65.2 Å². The Morgan fingerprint density at radius 1 is 0.714 bits per heavy atom. The highest BCUT2D eigenvalue weighted by Gasteiger charge is 2.37. The van der Waals surface area contributed by atoms with Gasteiger partial charge in [0.05, 0.1) is 18.3 Å². The fraction of sp³-hybridized carbons (Fsp3) is 0.586. The Morgan fingerprint density at radius 3 is 2.03 bits per heavy atom. The largest absolute Gasteiger partial charge is 0.429 e. The molecular weight excluding hydrogens is 456 g/mol. The molecule has 2 aliphatic carbocycles. The highest BCUT2D eigenvalue weighted by atomic mass is 19.3. The minimum atomic E-state index is -3.64. The summed E-state index contributed by atoms with van der Waals surface area (Å²) in [6.07, 6.45) is 9.05. The second-order valence-electron chi connectivity index (χ2n) is 10.7. The molecule has 0 N–H and O–H groups in total. The lowest BCUT2D eigenvalue weighted by Crippen LogP contribution is -2.35. The average molecular weight is 491 g/mol. The van der Waals surface area contributed by atoms with Gasteiger partial charge in [-0.3, -0.25) is 0 Å². The quantitative estimate of drug-likeness (QED) is 0.379. The van der Waals surface area contributed by atoms with Crippen molar-refractivity contribution in [1.82, 2.24) is 0 Å². The maximum Gasteiger partial charge on any atom is 0.426 e. The summed E-state index contributed by atoms with van der Waals surface area (Å²) in [4.78, 5) is 0. The Hall–Kier alpha value is -2.08. The van der Waals surface area contributed by atoms with Crippen LogP contribution in [0.3, 0.4) is 0 Å². The van der Waals surface area contributed by atoms with Crippen LogP contribution in [0.15, 0.2) is 42.5 Å². The lowest BCUT2D eigenvalue weighted by atomic mass is 9.74. The molecule has 3 fully saturated rings. The highest BCUT2D eigenvalue weighted by molar-refractivity contribution is 5.30. The molecule has 190 valence electrons. The van der Waals surface area contributed by atoms with E-state index < -0.39 is 23.5 Å². The molecule has 1 saturated heterocycles. The Labute approximate surface area is 205 Å². The van der Waals surface area contributed by atoms with Crippen LogP contribution in [0.1, 0.15) is 81.3 Å². The second-order valence-corrected chi connectivity index (χ2v) is 10.7. The van der Waals surface area contributed by atoms with Crippen molar-refractivity contribution >= 4 is 0 Å². The number of alkyl halides is 2. The van der Waals surface area contributed by atoms with Crippen LogP contribution in [0.4, 0.5) is 17.6 Å². The molecule has 6 heteroatoms. The van der Waals surface area contributed by atoms with Crippen molar-refractivity contribution in [2.24, 2.45) is 17.8 Å². The van der Waals surface area contributed by atoms with Gasteiger partial charge in [0, 0.05) is 6.07 Å². The third kappa shape index (κ3) is 5.68. The van der Waals surface area contributed by atoms with Crippen LogP contribution in [0.25, 0.3) is 0 Å². The monoisotopic (exact) mass is 490 g/mol. The minimum absolute atomic E-state index is 0.313. The van der Waals surface area contributed by atoms with Crippen LogP contribution in [-0.2, 0) is 10.8 Å². The molecule has 2 nitrogen and oxygen atoms in total. The topological polar surface area (TPSA) is 18.5 Å². The molecular formula is C29H34F4O2. The maximum atomic E-state index is 14.6. The summed E-state index contributed by atoms with van der Waals surface area (Å²) in [6.45, 7) is 0.928. The molecule has 2 aromatic carbocycles. The number of hydrogen-bond donors (Lipinski definition) is 0. The summed E-state index contributed by atoms with van der Waals surface area (Å²) in [5, 5.41) is 0. The molecule has 2 aromatic rings. The van der Waals surface area contributed by atoms with Crippen LogP contribution >= 0.6 is 0 Å². The van der Waals surface area contributed by atoms with Gasteiger partial charge in [-0.15, -0.1) is 0 Å². The Bertz CT molecular complexity index is 971. The molecule has 2 atom stereocenters. The van der Waals surface area contributed by atoms with E-state index in [0.29, 0.717) is 24.0 Å². The van der Waals surface area contributed by atoms with E-state index in [-0.39, 0.29) is 5.56 Å². The summed E-state index contributed by atoms with van der Waals surface area (Å²) in [7, 11) is 0. The first-order valence-corrected chi connectivity index (χ1v) is 13.1. The van der Waals surface area contributed by atoms with Gasteiger partial charge in [-0.2, -0.15) is 8.78 Å². The van der Waals surface area contributed by atoms with Gasteiger partial charge < -0.3 is 9.47 Å². The number of hydrogen-bond acceptors (Lipinski definition) is 2. The molecule has 1 heterocycles. The SMILES string of the molecule is Fc1ccc(OC(F)(F)c2ccc(C3CCC(C4CCC(C5CCCC5)CO4)CC3)cc2)cc1F. The van der Waals surface area contributed by atoms with Gasteiger partial charge in [0.2, 0.25) is 0 Å². The third-order valence-electron chi connectivity index (χ3n) is 8.57. The molecule has 3 aliphatic rings. The van der Waals surface area contributed by atoms with Gasteiger partial charge in [0.1, 0.15) is 5.75 Å². The van der Waals surface area contributed by atoms with Crippen molar-refractivity contribution in [2.75, 3.05) is 6.61 Å². The predicted molar refractivity (Wildman–Crippen MR) is 126 cm³/mol. The molecule has 0 aromatic heterocycles. The standard InChI is InChI=1S/C29H34F4O2/c30-26-15-14-25(17-27(26)31)35-29(32,33)24-12-9-21(10-13-24)20-5-7-22(8-6-20)28-16-11-23(18-34-28)19-3-1-2-4-19/h9-10,12-15,17,19-20,22-23,28H,1-8,11,16,18H2. The van der Waals surface area contributed by atoms with Crippen LogP contribution < -0.4 is 4.74 Å². The number of halogens is 4. The van der Waals surface area contributed by atoms with Crippen LogP contribution in [0.5, 0.6) is 5.75 Å². The fourth-order valence-corrected chi connectivity index (χ4v) is 6.49. The van der Waals surface area contributed by atoms with Gasteiger partial charge >= 0.3 is 6.11 Å². The number of rotatable bonds is 6. The predicted octanol–water partition coefficient (Wildman–Crippen LogP) is 8.35. The molecule has 5 rings (SSSR count). The zero-order valence-electron chi connectivity index (χ0n) is 20.0. The lowest BCUT2D eigenvalue weighted by molar-refractivity contribution is -0.185. The van der Waals surface area contributed by atoms with Gasteiger partial charge in [-0.1, -0.05) is 37.8 Å². The van der Waals surface area contributed by atoms with Crippen molar-refractivity contribution in [3.63, 3.8) is 0 Å². The maximum absolute atomic E-state index is 14.6. The summed E-state index contributed by atoms with van der Waals surface area (Å²) in [5.74, 6) is -0.160. The van der Waals surface area contributed by atoms with Gasteiger partial charge in [-0.05, 0) is 92.0 Å². The van der Waals surface area contributed by atoms with Crippen LogP contribution in [0, 0.1) is 29.4 Å². The molecule has 0 spiro atoms. The Balaban J connectivity index is 1.12. The number of ether oxygens (including phenoxy) is 2. The zero-order valence-corrected chi connectivity index (χ0v) is 20.0. The van der Waals surface area contributed by atoms with E-state index in [1.807, 2.05) is 0 Å². The van der Waals surface area contributed by atoms with Crippen LogP contribution in [0.2, 0.25) is 0 Å². The fourth-order valence-electron chi connectivity index (χ4n) is 6.49. The molecule has 0 radical (unpaired) electrons. The summed E-state index contributed by atoms with van der Waals surface area (Å²) in [5.41, 5.74) is 0.744. The lowest BCUT2D eigenvalue weighted by Gasteiger charge is -2.39. The van der Waals surface area contributed by atoms with Crippen molar-refractivity contribution in [3.8, 4) is 5.75 Å². The van der Waals surface area contributed by atoms with Crippen molar-refractivity contribution in [1.29, 1.82) is 0 Å².